The Hall–Kier alpha value is -2.59. The van der Waals surface area contributed by atoms with Crippen molar-refractivity contribution in [1.29, 1.82) is 0 Å². The fraction of sp³-hybridized carbons (Fsp3) is 0.0588. The van der Waals surface area contributed by atoms with E-state index in [9.17, 15) is 0 Å². The number of nitrogens with one attached hydrogen (secondary N) is 1. The molecule has 1 aromatic heterocycles. The number of halogens is 1. The van der Waals surface area contributed by atoms with Crippen LogP contribution in [0.15, 0.2) is 67.0 Å². The number of allylic oxidation sites excluding steroid dienone is 1. The summed E-state index contributed by atoms with van der Waals surface area (Å²) in [5.41, 5.74) is 3.27. The molecule has 0 spiro atoms. The average Bonchev–Trinajstić information content (AvgIpc) is 3.04. The molecule has 1 N–H and O–H groups in total. The van der Waals surface area contributed by atoms with Crippen LogP contribution in [0.5, 0.6) is 0 Å². The molecule has 108 valence electrons. The van der Waals surface area contributed by atoms with E-state index in [0.29, 0.717) is 0 Å². The molecule has 2 heterocycles. The summed E-state index contributed by atoms with van der Waals surface area (Å²) in [6, 6.07) is 18.0. The maximum Gasteiger partial charge on any atom is 0.226 e. The molecule has 4 rings (SSSR count). The number of hydrogen-bond acceptors (Lipinski definition) is 3. The van der Waals surface area contributed by atoms with Crippen LogP contribution < -0.4 is 5.32 Å². The van der Waals surface area contributed by atoms with Gasteiger partial charge in [-0.3, -0.25) is 0 Å². The van der Waals surface area contributed by atoms with Gasteiger partial charge in [0.15, 0.2) is 0 Å². The van der Waals surface area contributed by atoms with Crippen LogP contribution in [0.2, 0.25) is 5.02 Å². The maximum atomic E-state index is 5.99. The molecular formula is C17H13ClN4. The fourth-order valence-electron chi connectivity index (χ4n) is 2.62. The monoisotopic (exact) mass is 308 g/mol. The zero-order valence-electron chi connectivity index (χ0n) is 11.6. The summed E-state index contributed by atoms with van der Waals surface area (Å²) in [5, 5.41) is 8.39. The zero-order chi connectivity index (χ0) is 14.9. The molecule has 0 bridgehead atoms. The van der Waals surface area contributed by atoms with Crippen LogP contribution in [0.3, 0.4) is 0 Å². The lowest BCUT2D eigenvalue weighted by Crippen LogP contribution is -2.20. The minimum atomic E-state index is -0.00813. The summed E-state index contributed by atoms with van der Waals surface area (Å²) in [4.78, 5) is 4.30. The first-order chi connectivity index (χ1) is 10.8. The first-order valence-electron chi connectivity index (χ1n) is 7.00. The summed E-state index contributed by atoms with van der Waals surface area (Å²) < 4.78 is 1.87. The Bertz CT molecular complexity index is 821. The van der Waals surface area contributed by atoms with Crippen LogP contribution >= 0.6 is 11.6 Å². The van der Waals surface area contributed by atoms with E-state index in [1.807, 2.05) is 47.1 Å². The van der Waals surface area contributed by atoms with E-state index in [2.05, 4.69) is 33.6 Å². The number of nitrogens with zero attached hydrogens (tertiary/aromatic N) is 3. The number of hydrogen-bond donors (Lipinski definition) is 1. The molecule has 1 aliphatic heterocycles. The van der Waals surface area contributed by atoms with Gasteiger partial charge in [-0.1, -0.05) is 54.1 Å². The molecule has 3 aromatic rings. The highest BCUT2D eigenvalue weighted by Gasteiger charge is 2.23. The Balaban J connectivity index is 1.81. The Morgan fingerprint density at radius 1 is 1.00 bits per heavy atom. The van der Waals surface area contributed by atoms with Crippen LogP contribution in [0.1, 0.15) is 17.2 Å². The minimum absolute atomic E-state index is 0.00813. The Morgan fingerprint density at radius 2 is 1.77 bits per heavy atom. The first-order valence-corrected chi connectivity index (χ1v) is 7.38. The Labute approximate surface area is 133 Å². The zero-order valence-corrected chi connectivity index (χ0v) is 12.4. The molecule has 0 aliphatic carbocycles. The van der Waals surface area contributed by atoms with Crippen molar-refractivity contribution in [2.24, 2.45) is 0 Å². The lowest BCUT2D eigenvalue weighted by molar-refractivity contribution is 0.612. The number of benzene rings is 2. The van der Waals surface area contributed by atoms with Gasteiger partial charge in [0.1, 0.15) is 12.4 Å². The molecule has 22 heavy (non-hydrogen) atoms. The van der Waals surface area contributed by atoms with Gasteiger partial charge in [0, 0.05) is 10.7 Å². The van der Waals surface area contributed by atoms with E-state index in [-0.39, 0.29) is 6.04 Å². The molecule has 0 unspecified atom stereocenters. The topological polar surface area (TPSA) is 42.7 Å². The summed E-state index contributed by atoms with van der Waals surface area (Å²) in [6.45, 7) is 0. The molecule has 2 aromatic carbocycles. The van der Waals surface area contributed by atoms with Gasteiger partial charge in [-0.25, -0.2) is 4.68 Å². The lowest BCUT2D eigenvalue weighted by Gasteiger charge is -2.24. The van der Waals surface area contributed by atoms with Crippen LogP contribution in [0.25, 0.3) is 5.70 Å². The molecule has 0 fully saturated rings. The predicted octanol–water partition coefficient (Wildman–Crippen LogP) is 3.99. The van der Waals surface area contributed by atoms with Gasteiger partial charge < -0.3 is 5.32 Å². The van der Waals surface area contributed by atoms with Gasteiger partial charge >= 0.3 is 0 Å². The van der Waals surface area contributed by atoms with Gasteiger partial charge in [-0.15, -0.1) is 0 Å². The molecule has 0 radical (unpaired) electrons. The third-order valence-corrected chi connectivity index (χ3v) is 3.96. The van der Waals surface area contributed by atoms with Crippen molar-refractivity contribution in [3.63, 3.8) is 0 Å². The smallest absolute Gasteiger partial charge is 0.226 e. The molecule has 5 heteroatoms. The molecular weight excluding hydrogens is 296 g/mol. The van der Waals surface area contributed by atoms with E-state index in [4.69, 9.17) is 11.6 Å². The van der Waals surface area contributed by atoms with E-state index in [1.165, 1.54) is 0 Å². The minimum Gasteiger partial charge on any atom is -0.324 e. The fourth-order valence-corrected chi connectivity index (χ4v) is 2.74. The average molecular weight is 309 g/mol. The van der Waals surface area contributed by atoms with Gasteiger partial charge in [0.05, 0.1) is 0 Å². The van der Waals surface area contributed by atoms with Crippen LogP contribution in [-0.2, 0) is 0 Å². The van der Waals surface area contributed by atoms with Gasteiger partial charge in [-0.2, -0.15) is 10.1 Å². The highest BCUT2D eigenvalue weighted by molar-refractivity contribution is 6.30. The number of rotatable bonds is 2. The first kappa shape index (κ1) is 13.1. The second-order valence-corrected chi connectivity index (χ2v) is 5.53. The predicted molar refractivity (Wildman–Crippen MR) is 87.7 cm³/mol. The summed E-state index contributed by atoms with van der Waals surface area (Å²) in [7, 11) is 0. The molecule has 1 atom stereocenters. The van der Waals surface area contributed by atoms with Crippen LogP contribution in [-0.4, -0.2) is 14.8 Å². The third kappa shape index (κ3) is 2.27. The molecule has 0 amide bonds. The molecule has 0 saturated carbocycles. The Morgan fingerprint density at radius 3 is 2.55 bits per heavy atom. The third-order valence-electron chi connectivity index (χ3n) is 3.70. The van der Waals surface area contributed by atoms with E-state index in [0.717, 1.165) is 27.8 Å². The number of aromatic nitrogens is 3. The quantitative estimate of drug-likeness (QED) is 0.778. The lowest BCUT2D eigenvalue weighted by atomic mass is 10.0. The molecule has 1 aliphatic rings. The van der Waals surface area contributed by atoms with E-state index < -0.39 is 0 Å². The maximum absolute atomic E-state index is 5.99. The number of fused-ring (bicyclic) bond motifs is 1. The molecule has 4 nitrogen and oxygen atoms in total. The van der Waals surface area contributed by atoms with Gasteiger partial charge in [0.2, 0.25) is 5.95 Å². The van der Waals surface area contributed by atoms with Gasteiger partial charge in [-0.05, 0) is 29.3 Å². The van der Waals surface area contributed by atoms with Crippen molar-refractivity contribution in [3.8, 4) is 0 Å². The van der Waals surface area contributed by atoms with Crippen LogP contribution in [0, 0.1) is 0 Å². The van der Waals surface area contributed by atoms with Crippen molar-refractivity contribution in [2.75, 3.05) is 5.32 Å². The van der Waals surface area contributed by atoms with Crippen molar-refractivity contribution >= 4 is 23.2 Å². The summed E-state index contributed by atoms with van der Waals surface area (Å²) in [5.74, 6) is 0.737. The van der Waals surface area contributed by atoms with Crippen LogP contribution in [0.4, 0.5) is 5.95 Å². The van der Waals surface area contributed by atoms with Crippen molar-refractivity contribution in [3.05, 3.63) is 83.2 Å². The second kappa shape index (κ2) is 5.31. The Kier molecular flexibility index (Phi) is 3.16. The highest BCUT2D eigenvalue weighted by Crippen LogP contribution is 2.32. The second-order valence-electron chi connectivity index (χ2n) is 5.10. The van der Waals surface area contributed by atoms with E-state index >= 15 is 0 Å². The number of anilines is 1. The van der Waals surface area contributed by atoms with E-state index in [1.54, 1.807) is 6.33 Å². The standard InChI is InChI=1S/C17H13ClN4/c18-14-8-6-13(7-9-14)16-10-15(12-4-2-1-3-5-12)21-17-19-11-20-22(16)17/h1-11,16H,(H,19,20,21)/t16-/m1/s1. The highest BCUT2D eigenvalue weighted by atomic mass is 35.5. The molecule has 0 saturated heterocycles. The van der Waals surface area contributed by atoms with Gasteiger partial charge in [0.25, 0.3) is 0 Å². The SMILES string of the molecule is Clc1ccc([C@H]2C=C(c3ccccc3)Nc3ncnn32)cc1. The van der Waals surface area contributed by atoms with Crippen molar-refractivity contribution in [2.45, 2.75) is 6.04 Å². The van der Waals surface area contributed by atoms with Crippen molar-refractivity contribution < 1.29 is 0 Å². The van der Waals surface area contributed by atoms with Crippen molar-refractivity contribution in [1.82, 2.24) is 14.8 Å². The normalized spacial score (nSPS) is 16.6. The summed E-state index contributed by atoms with van der Waals surface area (Å²) in [6.07, 6.45) is 3.72. The largest absolute Gasteiger partial charge is 0.324 e. The summed E-state index contributed by atoms with van der Waals surface area (Å²) >= 11 is 5.99.